The van der Waals surface area contributed by atoms with Crippen LogP contribution >= 0.6 is 23.4 Å². The Morgan fingerprint density at radius 2 is 1.96 bits per heavy atom. The highest BCUT2D eigenvalue weighted by molar-refractivity contribution is 7.99. The molecule has 0 saturated carbocycles. The van der Waals surface area contributed by atoms with Crippen LogP contribution in [-0.4, -0.2) is 24.2 Å². The van der Waals surface area contributed by atoms with E-state index in [1.54, 1.807) is 38.1 Å². The van der Waals surface area contributed by atoms with Crippen LogP contribution in [0.1, 0.15) is 28.4 Å². The second kappa shape index (κ2) is 9.59. The SMILES string of the molecule is CCOC(=O)c1cccc(NC(=O)CSCc2c(F)cccc2Cl)c1C. The van der Waals surface area contributed by atoms with Gasteiger partial charge in [-0.2, -0.15) is 0 Å². The maximum Gasteiger partial charge on any atom is 0.338 e. The van der Waals surface area contributed by atoms with Crippen LogP contribution in [0.3, 0.4) is 0 Å². The lowest BCUT2D eigenvalue weighted by molar-refractivity contribution is -0.113. The predicted molar refractivity (Wildman–Crippen MR) is 103 cm³/mol. The highest BCUT2D eigenvalue weighted by atomic mass is 35.5. The molecule has 0 unspecified atom stereocenters. The number of ether oxygens (including phenoxy) is 1. The van der Waals surface area contributed by atoms with Crippen LogP contribution in [0.2, 0.25) is 5.02 Å². The highest BCUT2D eigenvalue weighted by Gasteiger charge is 2.14. The average molecular weight is 396 g/mol. The second-order valence-electron chi connectivity index (χ2n) is 5.44. The zero-order valence-corrected chi connectivity index (χ0v) is 16.0. The molecule has 2 rings (SSSR count). The molecule has 0 aliphatic heterocycles. The largest absolute Gasteiger partial charge is 0.462 e. The van der Waals surface area contributed by atoms with Crippen molar-refractivity contribution in [3.63, 3.8) is 0 Å². The fourth-order valence-corrected chi connectivity index (χ4v) is 3.47. The van der Waals surface area contributed by atoms with Crippen LogP contribution in [0.25, 0.3) is 0 Å². The van der Waals surface area contributed by atoms with Crippen LogP contribution < -0.4 is 5.32 Å². The van der Waals surface area contributed by atoms with Crippen molar-refractivity contribution in [3.05, 3.63) is 63.9 Å². The van der Waals surface area contributed by atoms with Crippen molar-refractivity contribution >= 4 is 40.9 Å². The van der Waals surface area contributed by atoms with E-state index < -0.39 is 5.97 Å². The first kappa shape index (κ1) is 20.3. The first-order valence-electron chi connectivity index (χ1n) is 8.01. The summed E-state index contributed by atoms with van der Waals surface area (Å²) in [5.74, 6) is -0.631. The minimum absolute atomic E-state index is 0.133. The van der Waals surface area contributed by atoms with E-state index in [9.17, 15) is 14.0 Å². The molecule has 7 heteroatoms. The number of carbonyl (C=O) groups is 2. The number of hydrogen-bond donors (Lipinski definition) is 1. The molecule has 2 aromatic carbocycles. The second-order valence-corrected chi connectivity index (χ2v) is 6.83. The van der Waals surface area contributed by atoms with Crippen LogP contribution in [-0.2, 0) is 15.3 Å². The molecule has 138 valence electrons. The zero-order chi connectivity index (χ0) is 19.1. The summed E-state index contributed by atoms with van der Waals surface area (Å²) in [7, 11) is 0. The number of esters is 1. The van der Waals surface area contributed by atoms with Gasteiger partial charge in [0.15, 0.2) is 0 Å². The Morgan fingerprint density at radius 1 is 1.23 bits per heavy atom. The minimum Gasteiger partial charge on any atom is -0.462 e. The molecule has 1 N–H and O–H groups in total. The molecule has 0 heterocycles. The molecule has 1 amide bonds. The molecule has 0 bridgehead atoms. The van der Waals surface area contributed by atoms with Crippen LogP contribution in [0.5, 0.6) is 0 Å². The van der Waals surface area contributed by atoms with Gasteiger partial charge >= 0.3 is 5.97 Å². The van der Waals surface area contributed by atoms with Gasteiger partial charge in [0, 0.05) is 22.0 Å². The number of amides is 1. The van der Waals surface area contributed by atoms with Crippen molar-refractivity contribution in [3.8, 4) is 0 Å². The fourth-order valence-electron chi connectivity index (χ4n) is 2.30. The van der Waals surface area contributed by atoms with E-state index in [1.165, 1.54) is 23.9 Å². The maximum atomic E-state index is 13.7. The quantitative estimate of drug-likeness (QED) is 0.682. The van der Waals surface area contributed by atoms with E-state index in [-0.39, 0.29) is 24.1 Å². The lowest BCUT2D eigenvalue weighted by Crippen LogP contribution is -2.16. The number of anilines is 1. The Kier molecular flexibility index (Phi) is 7.48. The standard InChI is InChI=1S/C19H19ClFNO3S/c1-3-25-19(24)13-6-4-9-17(12(13)2)22-18(23)11-26-10-14-15(20)7-5-8-16(14)21/h4-9H,3,10-11H2,1-2H3,(H,22,23). The normalized spacial score (nSPS) is 10.5. The van der Waals surface area contributed by atoms with Gasteiger partial charge in [-0.1, -0.05) is 23.7 Å². The van der Waals surface area contributed by atoms with Crippen molar-refractivity contribution < 1.29 is 18.7 Å². The molecule has 4 nitrogen and oxygen atoms in total. The van der Waals surface area contributed by atoms with Crippen LogP contribution in [0.4, 0.5) is 10.1 Å². The summed E-state index contributed by atoms with van der Waals surface area (Å²) in [6.07, 6.45) is 0. The molecule has 26 heavy (non-hydrogen) atoms. The van der Waals surface area contributed by atoms with Crippen molar-refractivity contribution in [1.29, 1.82) is 0 Å². The molecule has 0 aromatic heterocycles. The summed E-state index contributed by atoms with van der Waals surface area (Å²) in [6, 6.07) is 9.54. The number of nitrogens with one attached hydrogen (secondary N) is 1. The van der Waals surface area contributed by atoms with Gasteiger partial charge in [-0.3, -0.25) is 4.79 Å². The molecule has 0 radical (unpaired) electrons. The van der Waals surface area contributed by atoms with Crippen molar-refractivity contribution in [1.82, 2.24) is 0 Å². The van der Waals surface area contributed by atoms with Gasteiger partial charge in [0.1, 0.15) is 5.82 Å². The average Bonchev–Trinajstić information content (AvgIpc) is 2.59. The third-order valence-corrected chi connectivity index (χ3v) is 4.96. The molecule has 0 spiro atoms. The number of benzene rings is 2. The smallest absolute Gasteiger partial charge is 0.338 e. The van der Waals surface area contributed by atoms with E-state index in [4.69, 9.17) is 16.3 Å². The van der Waals surface area contributed by atoms with Crippen molar-refractivity contribution in [2.75, 3.05) is 17.7 Å². The van der Waals surface area contributed by atoms with Crippen molar-refractivity contribution in [2.45, 2.75) is 19.6 Å². The number of thioether (sulfide) groups is 1. The molecular formula is C19H19ClFNO3S. The molecule has 0 aliphatic carbocycles. The monoisotopic (exact) mass is 395 g/mol. The van der Waals surface area contributed by atoms with E-state index in [2.05, 4.69) is 5.32 Å². The van der Waals surface area contributed by atoms with Gasteiger partial charge in [0.2, 0.25) is 5.91 Å². The first-order chi connectivity index (χ1) is 12.4. The summed E-state index contributed by atoms with van der Waals surface area (Å²) >= 11 is 7.23. The summed E-state index contributed by atoms with van der Waals surface area (Å²) in [6.45, 7) is 3.76. The minimum atomic E-state index is -0.426. The Hall–Kier alpha value is -2.05. The summed E-state index contributed by atoms with van der Waals surface area (Å²) in [5, 5.41) is 3.11. The third-order valence-electron chi connectivity index (χ3n) is 3.64. The Morgan fingerprint density at radius 3 is 2.65 bits per heavy atom. The lowest BCUT2D eigenvalue weighted by Gasteiger charge is -2.12. The Balaban J connectivity index is 1.96. The topological polar surface area (TPSA) is 55.4 Å². The van der Waals surface area contributed by atoms with Crippen molar-refractivity contribution in [2.24, 2.45) is 0 Å². The third kappa shape index (κ3) is 5.22. The molecule has 0 aliphatic rings. The van der Waals surface area contributed by atoms with Gasteiger partial charge in [-0.25, -0.2) is 9.18 Å². The number of rotatable bonds is 7. The van der Waals surface area contributed by atoms with Crippen LogP contribution in [0, 0.1) is 12.7 Å². The van der Waals surface area contributed by atoms with Crippen LogP contribution in [0.15, 0.2) is 36.4 Å². The van der Waals surface area contributed by atoms with E-state index >= 15 is 0 Å². The zero-order valence-electron chi connectivity index (χ0n) is 14.5. The fraction of sp³-hybridized carbons (Fsp3) is 0.263. The van der Waals surface area contributed by atoms with E-state index in [1.807, 2.05) is 0 Å². The van der Waals surface area contributed by atoms with E-state index in [0.29, 0.717) is 33.2 Å². The molecule has 0 atom stereocenters. The number of hydrogen-bond acceptors (Lipinski definition) is 4. The number of halogens is 2. The molecule has 2 aromatic rings. The molecule has 0 fully saturated rings. The Labute approximate surface area is 161 Å². The molecular weight excluding hydrogens is 377 g/mol. The predicted octanol–water partition coefficient (Wildman–Crippen LogP) is 4.84. The van der Waals surface area contributed by atoms with Gasteiger partial charge in [0.25, 0.3) is 0 Å². The maximum absolute atomic E-state index is 13.7. The highest BCUT2D eigenvalue weighted by Crippen LogP contribution is 2.24. The summed E-state index contributed by atoms with van der Waals surface area (Å²) < 4.78 is 18.7. The lowest BCUT2D eigenvalue weighted by atomic mass is 10.1. The number of carbonyl (C=O) groups excluding carboxylic acids is 2. The summed E-state index contributed by atoms with van der Waals surface area (Å²) in [4.78, 5) is 24.1. The summed E-state index contributed by atoms with van der Waals surface area (Å²) in [5.41, 5.74) is 1.98. The Bertz CT molecular complexity index is 793. The van der Waals surface area contributed by atoms with Gasteiger partial charge in [-0.05, 0) is 43.7 Å². The van der Waals surface area contributed by atoms with Gasteiger partial charge in [0.05, 0.1) is 17.9 Å². The molecule has 0 saturated heterocycles. The van der Waals surface area contributed by atoms with Gasteiger partial charge in [-0.15, -0.1) is 11.8 Å². The first-order valence-corrected chi connectivity index (χ1v) is 9.54. The van der Waals surface area contributed by atoms with Gasteiger partial charge < -0.3 is 10.1 Å². The van der Waals surface area contributed by atoms with E-state index in [0.717, 1.165) is 0 Å².